The van der Waals surface area contributed by atoms with Crippen molar-refractivity contribution >= 4 is 10.9 Å². The lowest BCUT2D eigenvalue weighted by atomic mass is 10.1. The van der Waals surface area contributed by atoms with Crippen molar-refractivity contribution < 1.29 is 4.39 Å². The molecule has 23 heavy (non-hydrogen) atoms. The lowest BCUT2D eigenvalue weighted by Crippen LogP contribution is -2.27. The summed E-state index contributed by atoms with van der Waals surface area (Å²) in [5.74, 6) is 2.96. The maximum Gasteiger partial charge on any atom is 0.123 e. The first-order chi connectivity index (χ1) is 11.2. The first kappa shape index (κ1) is 14.0. The first-order valence-electron chi connectivity index (χ1n) is 7.65. The van der Waals surface area contributed by atoms with Gasteiger partial charge in [-0.25, -0.2) is 4.39 Å². The Kier molecular flexibility index (Phi) is 3.36. The molecule has 1 aliphatic rings. The summed E-state index contributed by atoms with van der Waals surface area (Å²) in [4.78, 5) is 6.34. The molecule has 114 valence electrons. The van der Waals surface area contributed by atoms with Crippen molar-refractivity contribution in [3.63, 3.8) is 0 Å². The van der Waals surface area contributed by atoms with Crippen molar-refractivity contribution in [1.82, 2.24) is 14.5 Å². The maximum atomic E-state index is 13.7. The third-order valence-corrected chi connectivity index (χ3v) is 4.27. The second-order valence-electron chi connectivity index (χ2n) is 5.89. The van der Waals surface area contributed by atoms with E-state index in [-0.39, 0.29) is 5.82 Å². The highest BCUT2D eigenvalue weighted by atomic mass is 19.1. The Bertz CT molecular complexity index is 932. The number of hydrogen-bond donors (Lipinski definition) is 0. The Hall–Kier alpha value is -2.64. The first-order valence-corrected chi connectivity index (χ1v) is 7.65. The second kappa shape index (κ2) is 5.53. The predicted octanol–water partition coefficient (Wildman–Crippen LogP) is 3.02. The van der Waals surface area contributed by atoms with Gasteiger partial charge in [0.15, 0.2) is 0 Å². The van der Waals surface area contributed by atoms with Crippen LogP contribution in [0.1, 0.15) is 16.8 Å². The van der Waals surface area contributed by atoms with Crippen LogP contribution in [0.2, 0.25) is 0 Å². The number of likely N-dealkylation sites (N-methyl/N-ethyl adjacent to an activating group) is 1. The maximum absolute atomic E-state index is 13.7. The molecule has 0 spiro atoms. The van der Waals surface area contributed by atoms with Crippen LogP contribution in [0.15, 0.2) is 42.7 Å². The molecule has 0 saturated carbocycles. The minimum absolute atomic E-state index is 0.203. The van der Waals surface area contributed by atoms with Crippen molar-refractivity contribution in [2.45, 2.75) is 13.0 Å². The zero-order valence-corrected chi connectivity index (χ0v) is 12.9. The molecule has 1 aliphatic heterocycles. The van der Waals surface area contributed by atoms with E-state index in [0.29, 0.717) is 0 Å². The minimum atomic E-state index is -0.203. The van der Waals surface area contributed by atoms with E-state index in [1.807, 2.05) is 22.8 Å². The van der Waals surface area contributed by atoms with Gasteiger partial charge in [0, 0.05) is 54.6 Å². The third-order valence-electron chi connectivity index (χ3n) is 4.27. The molecule has 0 fully saturated rings. The van der Waals surface area contributed by atoms with Crippen LogP contribution in [-0.2, 0) is 13.0 Å². The summed E-state index contributed by atoms with van der Waals surface area (Å²) in [5, 5.41) is 0.965. The molecule has 2 aromatic heterocycles. The van der Waals surface area contributed by atoms with Crippen LogP contribution in [0.25, 0.3) is 10.9 Å². The van der Waals surface area contributed by atoms with Gasteiger partial charge in [0.1, 0.15) is 5.82 Å². The normalized spacial score (nSPS) is 14.3. The molecular weight excluding hydrogens is 289 g/mol. The molecule has 0 radical (unpaired) electrons. The number of halogens is 1. The van der Waals surface area contributed by atoms with E-state index in [1.54, 1.807) is 18.5 Å². The van der Waals surface area contributed by atoms with Crippen LogP contribution in [0, 0.1) is 17.8 Å². The summed E-state index contributed by atoms with van der Waals surface area (Å²) >= 11 is 0. The van der Waals surface area contributed by atoms with Gasteiger partial charge in [-0.2, -0.15) is 0 Å². The van der Waals surface area contributed by atoms with Crippen molar-refractivity contribution in [2.24, 2.45) is 0 Å². The third kappa shape index (κ3) is 2.49. The standard InChI is InChI=1S/C19H16FN3/c1-22-9-7-19-17(13-22)16-11-15(20)4-5-18(16)23(19)10-6-14-3-2-8-21-12-14/h2-5,8,11-12H,7,9,13H2,1H3. The summed E-state index contributed by atoms with van der Waals surface area (Å²) in [6, 6.07) is 12.0. The largest absolute Gasteiger partial charge is 0.302 e. The molecule has 3 nitrogen and oxygen atoms in total. The van der Waals surface area contributed by atoms with Gasteiger partial charge in [-0.15, -0.1) is 0 Å². The molecule has 3 aromatic rings. The van der Waals surface area contributed by atoms with Gasteiger partial charge in [0.2, 0.25) is 0 Å². The quantitative estimate of drug-likeness (QED) is 0.595. The van der Waals surface area contributed by atoms with Gasteiger partial charge in [0.05, 0.1) is 5.52 Å². The van der Waals surface area contributed by atoms with Gasteiger partial charge in [-0.3, -0.25) is 9.55 Å². The molecule has 0 aliphatic carbocycles. The summed E-state index contributed by atoms with van der Waals surface area (Å²) in [6.45, 7) is 1.82. The Labute approximate surface area is 134 Å². The smallest absolute Gasteiger partial charge is 0.123 e. The summed E-state index contributed by atoms with van der Waals surface area (Å²) in [7, 11) is 2.09. The number of pyridine rings is 1. The van der Waals surface area contributed by atoms with Crippen molar-refractivity contribution in [3.8, 4) is 12.0 Å². The highest BCUT2D eigenvalue weighted by Crippen LogP contribution is 2.30. The molecule has 1 aromatic carbocycles. The van der Waals surface area contributed by atoms with Gasteiger partial charge in [-0.05, 0) is 48.9 Å². The molecule has 0 N–H and O–H groups in total. The molecule has 0 amide bonds. The van der Waals surface area contributed by atoms with Crippen LogP contribution in [0.5, 0.6) is 0 Å². The van der Waals surface area contributed by atoms with Gasteiger partial charge >= 0.3 is 0 Å². The highest BCUT2D eigenvalue weighted by molar-refractivity contribution is 5.87. The Morgan fingerprint density at radius 3 is 3.00 bits per heavy atom. The number of nitrogens with zero attached hydrogens (tertiary/aromatic N) is 3. The van der Waals surface area contributed by atoms with E-state index in [2.05, 4.69) is 28.9 Å². The lowest BCUT2D eigenvalue weighted by molar-refractivity contribution is 0.311. The second-order valence-corrected chi connectivity index (χ2v) is 5.89. The van der Waals surface area contributed by atoms with Crippen molar-refractivity contribution in [1.29, 1.82) is 0 Å². The number of benzene rings is 1. The van der Waals surface area contributed by atoms with E-state index >= 15 is 0 Å². The number of rotatable bonds is 0. The molecular formula is C19H16FN3. The number of hydrogen-bond acceptors (Lipinski definition) is 2. The van der Waals surface area contributed by atoms with Crippen molar-refractivity contribution in [3.05, 3.63) is 65.4 Å². The van der Waals surface area contributed by atoms with Gasteiger partial charge in [-0.1, -0.05) is 0 Å². The zero-order valence-electron chi connectivity index (χ0n) is 12.9. The Morgan fingerprint density at radius 2 is 2.17 bits per heavy atom. The van der Waals surface area contributed by atoms with Crippen LogP contribution < -0.4 is 0 Å². The van der Waals surface area contributed by atoms with Gasteiger partial charge in [0.25, 0.3) is 0 Å². The lowest BCUT2D eigenvalue weighted by Gasteiger charge is -2.23. The van der Waals surface area contributed by atoms with Crippen molar-refractivity contribution in [2.75, 3.05) is 13.6 Å². The van der Waals surface area contributed by atoms with E-state index < -0.39 is 0 Å². The summed E-state index contributed by atoms with van der Waals surface area (Å²) < 4.78 is 15.7. The minimum Gasteiger partial charge on any atom is -0.302 e. The molecule has 0 bridgehead atoms. The van der Waals surface area contributed by atoms with Crippen LogP contribution in [0.4, 0.5) is 4.39 Å². The van der Waals surface area contributed by atoms with E-state index in [9.17, 15) is 4.39 Å². The summed E-state index contributed by atoms with van der Waals surface area (Å²) in [6.07, 6.45) is 4.40. The monoisotopic (exact) mass is 305 g/mol. The van der Waals surface area contributed by atoms with Gasteiger partial charge < -0.3 is 4.90 Å². The van der Waals surface area contributed by atoms with E-state index in [4.69, 9.17) is 0 Å². The highest BCUT2D eigenvalue weighted by Gasteiger charge is 2.22. The van der Waals surface area contributed by atoms with E-state index in [1.165, 1.54) is 17.3 Å². The number of fused-ring (bicyclic) bond motifs is 3. The Morgan fingerprint density at radius 1 is 1.26 bits per heavy atom. The average Bonchev–Trinajstić information content (AvgIpc) is 2.86. The predicted molar refractivity (Wildman–Crippen MR) is 88.4 cm³/mol. The Balaban J connectivity index is 1.91. The molecule has 3 heterocycles. The molecule has 0 unspecified atom stereocenters. The molecule has 0 saturated heterocycles. The topological polar surface area (TPSA) is 21.1 Å². The SMILES string of the molecule is CN1CCc2c(c3cc(F)ccc3n2C#Cc2cccnc2)C1. The van der Waals surface area contributed by atoms with Crippen LogP contribution in [-0.4, -0.2) is 28.0 Å². The van der Waals surface area contributed by atoms with Crippen LogP contribution >= 0.6 is 0 Å². The average molecular weight is 305 g/mol. The fraction of sp³-hybridized carbons (Fsp3) is 0.211. The fourth-order valence-corrected chi connectivity index (χ4v) is 3.15. The van der Waals surface area contributed by atoms with Crippen LogP contribution in [0.3, 0.4) is 0 Å². The fourth-order valence-electron chi connectivity index (χ4n) is 3.15. The molecule has 4 heteroatoms. The van der Waals surface area contributed by atoms with E-state index in [0.717, 1.165) is 36.0 Å². The number of aromatic nitrogens is 2. The zero-order chi connectivity index (χ0) is 15.8. The molecule has 0 atom stereocenters. The molecule has 4 rings (SSSR count). The summed E-state index contributed by atoms with van der Waals surface area (Å²) in [5.41, 5.74) is 4.23.